The molecule has 4 heteroatoms. The Labute approximate surface area is 123 Å². The smallest absolute Gasteiger partial charge is 0.0725 e. The lowest BCUT2D eigenvalue weighted by atomic mass is 9.96. The maximum absolute atomic E-state index is 6.22. The molecule has 0 fully saturated rings. The highest BCUT2D eigenvalue weighted by molar-refractivity contribution is 6.31. The quantitative estimate of drug-likeness (QED) is 0.671. The van der Waals surface area contributed by atoms with Gasteiger partial charge in [-0.1, -0.05) is 48.0 Å². The molecule has 0 bridgehead atoms. The first-order chi connectivity index (χ1) is 9.78. The largest absolute Gasteiger partial charge is 0.372 e. The Bertz CT molecular complexity index is 615. The van der Waals surface area contributed by atoms with Gasteiger partial charge in [0.1, 0.15) is 0 Å². The van der Waals surface area contributed by atoms with E-state index in [0.29, 0.717) is 13.2 Å². The van der Waals surface area contributed by atoms with Crippen molar-refractivity contribution in [2.24, 2.45) is 5.84 Å². The van der Waals surface area contributed by atoms with Gasteiger partial charge in [0.05, 0.1) is 19.3 Å². The Morgan fingerprint density at radius 1 is 1.15 bits per heavy atom. The van der Waals surface area contributed by atoms with Crippen LogP contribution < -0.4 is 11.3 Å². The predicted molar refractivity (Wildman–Crippen MR) is 80.2 cm³/mol. The Hall–Kier alpha value is -1.39. The van der Waals surface area contributed by atoms with Crippen LogP contribution in [0.2, 0.25) is 5.02 Å². The SMILES string of the molecule is NNC(Cc1ccccc1Cl)c1ccc2c(c1)COC2. The highest BCUT2D eigenvalue weighted by Gasteiger charge is 2.16. The van der Waals surface area contributed by atoms with E-state index in [2.05, 4.69) is 23.6 Å². The van der Waals surface area contributed by atoms with Crippen molar-refractivity contribution in [1.82, 2.24) is 5.43 Å². The molecule has 0 spiro atoms. The first kappa shape index (κ1) is 13.6. The second-order valence-electron chi connectivity index (χ2n) is 5.04. The third-order valence-corrected chi connectivity index (χ3v) is 4.10. The summed E-state index contributed by atoms with van der Waals surface area (Å²) >= 11 is 6.22. The van der Waals surface area contributed by atoms with Gasteiger partial charge in [0.15, 0.2) is 0 Å². The lowest BCUT2D eigenvalue weighted by molar-refractivity contribution is 0.134. The van der Waals surface area contributed by atoms with Crippen molar-refractivity contribution in [3.8, 4) is 0 Å². The van der Waals surface area contributed by atoms with Gasteiger partial charge in [0, 0.05) is 5.02 Å². The van der Waals surface area contributed by atoms with Crippen molar-refractivity contribution < 1.29 is 4.74 Å². The van der Waals surface area contributed by atoms with Crippen molar-refractivity contribution in [3.05, 3.63) is 69.7 Å². The van der Waals surface area contributed by atoms with Crippen LogP contribution in [0.3, 0.4) is 0 Å². The number of rotatable bonds is 4. The molecule has 1 unspecified atom stereocenters. The number of hydrogen-bond acceptors (Lipinski definition) is 3. The van der Waals surface area contributed by atoms with Gasteiger partial charge < -0.3 is 4.74 Å². The Morgan fingerprint density at radius 3 is 2.75 bits per heavy atom. The monoisotopic (exact) mass is 288 g/mol. The summed E-state index contributed by atoms with van der Waals surface area (Å²) in [5.74, 6) is 5.72. The summed E-state index contributed by atoms with van der Waals surface area (Å²) in [5.41, 5.74) is 7.66. The van der Waals surface area contributed by atoms with Gasteiger partial charge in [-0.2, -0.15) is 0 Å². The molecular formula is C16H17ClN2O. The van der Waals surface area contributed by atoms with E-state index in [9.17, 15) is 0 Å². The summed E-state index contributed by atoms with van der Waals surface area (Å²) in [6, 6.07) is 14.3. The van der Waals surface area contributed by atoms with E-state index in [-0.39, 0.29) is 6.04 Å². The van der Waals surface area contributed by atoms with E-state index in [1.807, 2.05) is 24.3 Å². The fourth-order valence-electron chi connectivity index (χ4n) is 2.57. The number of fused-ring (bicyclic) bond motifs is 1. The van der Waals surface area contributed by atoms with Gasteiger partial charge in [-0.05, 0) is 34.7 Å². The van der Waals surface area contributed by atoms with Crippen molar-refractivity contribution in [1.29, 1.82) is 0 Å². The minimum Gasteiger partial charge on any atom is -0.372 e. The van der Waals surface area contributed by atoms with Crippen molar-refractivity contribution in [2.75, 3.05) is 0 Å². The molecule has 0 radical (unpaired) electrons. The Kier molecular flexibility index (Phi) is 4.03. The zero-order chi connectivity index (χ0) is 13.9. The number of nitrogens with one attached hydrogen (secondary N) is 1. The highest BCUT2D eigenvalue weighted by Crippen LogP contribution is 2.27. The Morgan fingerprint density at radius 2 is 1.95 bits per heavy atom. The summed E-state index contributed by atoms with van der Waals surface area (Å²) in [7, 11) is 0. The van der Waals surface area contributed by atoms with Crippen LogP contribution in [0.5, 0.6) is 0 Å². The van der Waals surface area contributed by atoms with Gasteiger partial charge in [0.2, 0.25) is 0 Å². The van der Waals surface area contributed by atoms with Gasteiger partial charge in [-0.15, -0.1) is 0 Å². The molecular weight excluding hydrogens is 272 g/mol. The lowest BCUT2D eigenvalue weighted by Crippen LogP contribution is -2.29. The number of ether oxygens (including phenoxy) is 1. The zero-order valence-electron chi connectivity index (χ0n) is 11.1. The topological polar surface area (TPSA) is 47.3 Å². The number of benzene rings is 2. The fourth-order valence-corrected chi connectivity index (χ4v) is 2.78. The molecule has 1 atom stereocenters. The van der Waals surface area contributed by atoms with Crippen molar-refractivity contribution in [3.63, 3.8) is 0 Å². The average molecular weight is 289 g/mol. The van der Waals surface area contributed by atoms with Crippen LogP contribution >= 0.6 is 11.6 Å². The third-order valence-electron chi connectivity index (χ3n) is 3.73. The molecule has 0 aromatic heterocycles. The van der Waals surface area contributed by atoms with Crippen LogP contribution in [-0.2, 0) is 24.4 Å². The molecule has 0 aliphatic carbocycles. The molecule has 1 heterocycles. The second kappa shape index (κ2) is 5.94. The molecule has 3 nitrogen and oxygen atoms in total. The molecule has 0 saturated carbocycles. The standard InChI is InChI=1S/C16H17ClN2O/c17-15-4-2-1-3-11(15)8-16(19-18)12-5-6-13-9-20-10-14(13)7-12/h1-7,16,19H,8-10,18H2. The van der Waals surface area contributed by atoms with E-state index < -0.39 is 0 Å². The molecule has 20 heavy (non-hydrogen) atoms. The Balaban J connectivity index is 1.85. The van der Waals surface area contributed by atoms with E-state index in [0.717, 1.165) is 22.6 Å². The van der Waals surface area contributed by atoms with Gasteiger partial charge in [-0.25, -0.2) is 0 Å². The van der Waals surface area contributed by atoms with Crippen molar-refractivity contribution in [2.45, 2.75) is 25.7 Å². The van der Waals surface area contributed by atoms with Crippen LogP contribution in [0.15, 0.2) is 42.5 Å². The normalized spacial score (nSPS) is 15.1. The minimum absolute atomic E-state index is 0.0424. The molecule has 0 saturated heterocycles. The van der Waals surface area contributed by atoms with Crippen LogP contribution in [0, 0.1) is 0 Å². The lowest BCUT2D eigenvalue weighted by Gasteiger charge is -2.18. The van der Waals surface area contributed by atoms with Crippen molar-refractivity contribution >= 4 is 11.6 Å². The zero-order valence-corrected chi connectivity index (χ0v) is 11.9. The van der Waals surface area contributed by atoms with Crippen LogP contribution in [0.25, 0.3) is 0 Å². The van der Waals surface area contributed by atoms with E-state index in [4.69, 9.17) is 22.2 Å². The number of halogens is 1. The molecule has 2 aromatic rings. The number of nitrogens with two attached hydrogens (primary N) is 1. The molecule has 3 rings (SSSR count). The van der Waals surface area contributed by atoms with E-state index in [1.165, 1.54) is 11.1 Å². The fraction of sp³-hybridized carbons (Fsp3) is 0.250. The summed E-state index contributed by atoms with van der Waals surface area (Å²) in [5, 5.41) is 0.775. The van der Waals surface area contributed by atoms with Gasteiger partial charge >= 0.3 is 0 Å². The average Bonchev–Trinajstić information content (AvgIpc) is 2.94. The van der Waals surface area contributed by atoms with Gasteiger partial charge in [-0.3, -0.25) is 11.3 Å². The van der Waals surface area contributed by atoms with Crippen LogP contribution in [0.4, 0.5) is 0 Å². The molecule has 1 aliphatic heterocycles. The maximum atomic E-state index is 6.22. The second-order valence-corrected chi connectivity index (χ2v) is 5.44. The first-order valence-electron chi connectivity index (χ1n) is 6.67. The third kappa shape index (κ3) is 2.72. The van der Waals surface area contributed by atoms with Crippen LogP contribution in [-0.4, -0.2) is 0 Å². The highest BCUT2D eigenvalue weighted by atomic mass is 35.5. The maximum Gasteiger partial charge on any atom is 0.0725 e. The summed E-state index contributed by atoms with van der Waals surface area (Å²) < 4.78 is 5.45. The number of hydrazine groups is 1. The first-order valence-corrected chi connectivity index (χ1v) is 7.04. The molecule has 2 aromatic carbocycles. The predicted octanol–water partition coefficient (Wildman–Crippen LogP) is 3.12. The molecule has 104 valence electrons. The van der Waals surface area contributed by atoms with Gasteiger partial charge in [0.25, 0.3) is 0 Å². The molecule has 0 amide bonds. The summed E-state index contributed by atoms with van der Waals surface area (Å²) in [6.45, 7) is 1.40. The summed E-state index contributed by atoms with van der Waals surface area (Å²) in [4.78, 5) is 0. The van der Waals surface area contributed by atoms with E-state index in [1.54, 1.807) is 0 Å². The number of hydrogen-bond donors (Lipinski definition) is 2. The molecule has 3 N–H and O–H groups in total. The summed E-state index contributed by atoms with van der Waals surface area (Å²) in [6.07, 6.45) is 0.760. The molecule has 1 aliphatic rings. The van der Waals surface area contributed by atoms with Crippen LogP contribution in [0.1, 0.15) is 28.3 Å². The minimum atomic E-state index is 0.0424. The van der Waals surface area contributed by atoms with E-state index >= 15 is 0 Å².